The van der Waals surface area contributed by atoms with Crippen LogP contribution >= 0.6 is 0 Å². The zero-order valence-electron chi connectivity index (χ0n) is 14.6. The van der Waals surface area contributed by atoms with Gasteiger partial charge >= 0.3 is 0 Å². The summed E-state index contributed by atoms with van der Waals surface area (Å²) in [5.41, 5.74) is 5.77. The molecule has 0 atom stereocenters. The van der Waals surface area contributed by atoms with E-state index in [1.54, 1.807) is 6.20 Å². The van der Waals surface area contributed by atoms with E-state index in [1.807, 2.05) is 23.1 Å². The Bertz CT molecular complexity index is 537. The van der Waals surface area contributed by atoms with Crippen LogP contribution in [0.25, 0.3) is 0 Å². The Morgan fingerprint density at radius 3 is 2.71 bits per heavy atom. The summed E-state index contributed by atoms with van der Waals surface area (Å²) in [6, 6.07) is 5.89. The second-order valence-electron chi connectivity index (χ2n) is 6.35. The summed E-state index contributed by atoms with van der Waals surface area (Å²) in [6.45, 7) is 8.48. The van der Waals surface area contributed by atoms with Crippen LogP contribution in [0, 0.1) is 5.92 Å². The molecule has 3 N–H and O–H groups in total. The Morgan fingerprint density at radius 1 is 1.33 bits per heavy atom. The second kappa shape index (κ2) is 9.10. The second-order valence-corrected chi connectivity index (χ2v) is 6.35. The zero-order valence-corrected chi connectivity index (χ0v) is 14.6. The molecule has 132 valence electrons. The first-order valence-electron chi connectivity index (χ1n) is 8.54. The van der Waals surface area contributed by atoms with Crippen LogP contribution in [0.5, 0.6) is 0 Å². The summed E-state index contributed by atoms with van der Waals surface area (Å²) >= 11 is 0. The SMILES string of the molecule is CC(C)CN=C(N)NCCC(=O)N1CCN(c2ccccn2)CC1. The molecule has 0 unspecified atom stereocenters. The Balaban J connectivity index is 1.68. The summed E-state index contributed by atoms with van der Waals surface area (Å²) in [7, 11) is 0. The molecule has 1 aromatic rings. The van der Waals surface area contributed by atoms with E-state index >= 15 is 0 Å². The minimum atomic E-state index is 0.153. The van der Waals surface area contributed by atoms with Crippen molar-refractivity contribution in [3.8, 4) is 0 Å². The van der Waals surface area contributed by atoms with Gasteiger partial charge in [-0.2, -0.15) is 0 Å². The molecule has 0 saturated carbocycles. The van der Waals surface area contributed by atoms with Crippen LogP contribution < -0.4 is 16.0 Å². The molecule has 1 aliphatic heterocycles. The van der Waals surface area contributed by atoms with Gasteiger partial charge in [-0.3, -0.25) is 9.79 Å². The van der Waals surface area contributed by atoms with Crippen LogP contribution in [0.15, 0.2) is 29.4 Å². The molecule has 24 heavy (non-hydrogen) atoms. The molecule has 2 heterocycles. The first-order valence-corrected chi connectivity index (χ1v) is 8.54. The van der Waals surface area contributed by atoms with E-state index in [1.165, 1.54) is 0 Å². The van der Waals surface area contributed by atoms with E-state index in [2.05, 4.69) is 34.0 Å². The standard InChI is InChI=1S/C17H28N6O/c1-14(2)13-21-17(18)20-8-6-16(24)23-11-9-22(10-12-23)15-5-3-4-7-19-15/h3-5,7,14H,6,8-13H2,1-2H3,(H3,18,20,21). The number of carbonyl (C=O) groups is 1. The minimum absolute atomic E-state index is 0.153. The molecule has 0 aliphatic carbocycles. The van der Waals surface area contributed by atoms with Crippen molar-refractivity contribution in [1.29, 1.82) is 0 Å². The number of pyridine rings is 1. The first kappa shape index (κ1) is 18.0. The van der Waals surface area contributed by atoms with Gasteiger partial charge in [0.1, 0.15) is 5.82 Å². The number of nitrogens with one attached hydrogen (secondary N) is 1. The largest absolute Gasteiger partial charge is 0.370 e. The number of hydrogen-bond donors (Lipinski definition) is 2. The maximum Gasteiger partial charge on any atom is 0.224 e. The fourth-order valence-electron chi connectivity index (χ4n) is 2.52. The first-order chi connectivity index (χ1) is 11.6. The number of nitrogens with two attached hydrogens (primary N) is 1. The van der Waals surface area contributed by atoms with Crippen LogP contribution in [-0.2, 0) is 4.79 Å². The molecule has 1 saturated heterocycles. The topological polar surface area (TPSA) is 86.8 Å². The number of rotatable bonds is 6. The summed E-state index contributed by atoms with van der Waals surface area (Å²) in [5, 5.41) is 3.00. The Kier molecular flexibility index (Phi) is 6.84. The van der Waals surface area contributed by atoms with Gasteiger partial charge in [-0.1, -0.05) is 19.9 Å². The van der Waals surface area contributed by atoms with Crippen LogP contribution in [0.2, 0.25) is 0 Å². The molecule has 2 rings (SSSR count). The molecule has 0 aromatic carbocycles. The zero-order chi connectivity index (χ0) is 17.4. The van der Waals surface area contributed by atoms with Gasteiger partial charge in [0.15, 0.2) is 5.96 Å². The number of piperazine rings is 1. The van der Waals surface area contributed by atoms with Gasteiger partial charge in [0.05, 0.1) is 0 Å². The number of amides is 1. The van der Waals surface area contributed by atoms with Gasteiger partial charge in [0, 0.05) is 51.9 Å². The van der Waals surface area contributed by atoms with Crippen molar-refractivity contribution in [2.24, 2.45) is 16.6 Å². The van der Waals surface area contributed by atoms with Crippen LogP contribution in [0.4, 0.5) is 5.82 Å². The van der Waals surface area contributed by atoms with Gasteiger partial charge in [-0.15, -0.1) is 0 Å². The molecular formula is C17H28N6O. The van der Waals surface area contributed by atoms with E-state index in [9.17, 15) is 4.79 Å². The third kappa shape index (κ3) is 5.72. The van der Waals surface area contributed by atoms with Crippen LogP contribution in [-0.4, -0.2) is 61.0 Å². The molecule has 7 heteroatoms. The number of carbonyl (C=O) groups excluding carboxylic acids is 1. The lowest BCUT2D eigenvalue weighted by atomic mass is 10.2. The van der Waals surface area contributed by atoms with E-state index in [0.717, 1.165) is 32.0 Å². The van der Waals surface area contributed by atoms with E-state index in [0.29, 0.717) is 31.4 Å². The third-order valence-electron chi connectivity index (χ3n) is 3.88. The number of nitrogens with zero attached hydrogens (tertiary/aromatic N) is 4. The number of aliphatic imine (C=N–C) groups is 1. The van der Waals surface area contributed by atoms with Crippen molar-refractivity contribution in [2.45, 2.75) is 20.3 Å². The monoisotopic (exact) mass is 332 g/mol. The molecule has 1 aromatic heterocycles. The average Bonchev–Trinajstić information content (AvgIpc) is 2.61. The van der Waals surface area contributed by atoms with Crippen LogP contribution in [0.1, 0.15) is 20.3 Å². The lowest BCUT2D eigenvalue weighted by Crippen LogP contribution is -2.49. The number of hydrogen-bond acceptors (Lipinski definition) is 4. The smallest absolute Gasteiger partial charge is 0.224 e. The van der Waals surface area contributed by atoms with Crippen molar-refractivity contribution in [1.82, 2.24) is 15.2 Å². The lowest BCUT2D eigenvalue weighted by molar-refractivity contribution is -0.131. The number of aromatic nitrogens is 1. The van der Waals surface area contributed by atoms with Gasteiger partial charge in [0.2, 0.25) is 5.91 Å². The van der Waals surface area contributed by atoms with E-state index in [-0.39, 0.29) is 5.91 Å². The maximum atomic E-state index is 12.3. The van der Waals surface area contributed by atoms with Gasteiger partial charge in [0.25, 0.3) is 0 Å². The normalized spacial score (nSPS) is 15.7. The molecule has 7 nitrogen and oxygen atoms in total. The van der Waals surface area contributed by atoms with Crippen molar-refractivity contribution in [2.75, 3.05) is 44.2 Å². The lowest BCUT2D eigenvalue weighted by Gasteiger charge is -2.35. The van der Waals surface area contributed by atoms with E-state index in [4.69, 9.17) is 5.73 Å². The number of guanidine groups is 1. The maximum absolute atomic E-state index is 12.3. The highest BCUT2D eigenvalue weighted by atomic mass is 16.2. The molecule has 0 spiro atoms. The molecule has 1 fully saturated rings. The predicted molar refractivity (Wildman–Crippen MR) is 97.0 cm³/mol. The highest BCUT2D eigenvalue weighted by Crippen LogP contribution is 2.12. The average molecular weight is 332 g/mol. The fourth-order valence-corrected chi connectivity index (χ4v) is 2.52. The predicted octanol–water partition coefficient (Wildman–Crippen LogP) is 0.681. The Hall–Kier alpha value is -2.31. The minimum Gasteiger partial charge on any atom is -0.370 e. The molecule has 0 radical (unpaired) electrons. The molecule has 0 bridgehead atoms. The van der Waals surface area contributed by atoms with Crippen molar-refractivity contribution < 1.29 is 4.79 Å². The van der Waals surface area contributed by atoms with Gasteiger partial charge in [-0.05, 0) is 18.1 Å². The Labute approximate surface area is 143 Å². The molecular weight excluding hydrogens is 304 g/mol. The fraction of sp³-hybridized carbons (Fsp3) is 0.588. The highest BCUT2D eigenvalue weighted by Gasteiger charge is 2.21. The third-order valence-corrected chi connectivity index (χ3v) is 3.88. The number of anilines is 1. The van der Waals surface area contributed by atoms with Gasteiger partial charge < -0.3 is 20.9 Å². The van der Waals surface area contributed by atoms with Crippen molar-refractivity contribution in [3.63, 3.8) is 0 Å². The molecule has 1 aliphatic rings. The summed E-state index contributed by atoms with van der Waals surface area (Å²) in [4.78, 5) is 25.0. The van der Waals surface area contributed by atoms with E-state index < -0.39 is 0 Å². The Morgan fingerprint density at radius 2 is 2.08 bits per heavy atom. The molecule has 1 amide bonds. The quantitative estimate of drug-likeness (QED) is 0.591. The van der Waals surface area contributed by atoms with Crippen molar-refractivity contribution >= 4 is 17.7 Å². The van der Waals surface area contributed by atoms with Gasteiger partial charge in [-0.25, -0.2) is 4.98 Å². The van der Waals surface area contributed by atoms with Crippen LogP contribution in [0.3, 0.4) is 0 Å². The summed E-state index contributed by atoms with van der Waals surface area (Å²) in [6.07, 6.45) is 2.23. The van der Waals surface area contributed by atoms with Crippen molar-refractivity contribution in [3.05, 3.63) is 24.4 Å². The summed E-state index contributed by atoms with van der Waals surface area (Å²) < 4.78 is 0. The summed E-state index contributed by atoms with van der Waals surface area (Å²) in [5.74, 6) is 2.01. The highest BCUT2D eigenvalue weighted by molar-refractivity contribution is 5.80.